The number of fused-ring (bicyclic) bond motifs is 1. The van der Waals surface area contributed by atoms with Gasteiger partial charge in [0.05, 0.1) is 42.7 Å². The summed E-state index contributed by atoms with van der Waals surface area (Å²) < 4.78 is 24.3. The van der Waals surface area contributed by atoms with Crippen LogP contribution in [0.25, 0.3) is 11.8 Å². The van der Waals surface area contributed by atoms with Crippen LogP contribution in [0.2, 0.25) is 0 Å². The normalized spacial score (nSPS) is 14.9. The van der Waals surface area contributed by atoms with Gasteiger partial charge in [0.1, 0.15) is 5.76 Å². The molecule has 5 rings (SSSR count). The molecule has 1 atom stereocenters. The Morgan fingerprint density at radius 1 is 1.07 bits per heavy atom. The third-order valence-corrected chi connectivity index (χ3v) is 7.41. The second-order valence-electron chi connectivity index (χ2n) is 9.12. The first-order valence-corrected chi connectivity index (χ1v) is 13.5. The third kappa shape index (κ3) is 4.93. The molecule has 0 spiro atoms. The Kier molecular flexibility index (Phi) is 7.61. The van der Waals surface area contributed by atoms with Crippen LogP contribution in [-0.2, 0) is 9.53 Å². The predicted octanol–water partition coefficient (Wildman–Crippen LogP) is 3.61. The van der Waals surface area contributed by atoms with Gasteiger partial charge in [0.15, 0.2) is 22.2 Å². The fourth-order valence-corrected chi connectivity index (χ4v) is 5.55. The number of carbonyl (C=O) groups is 1. The Morgan fingerprint density at radius 2 is 1.82 bits per heavy atom. The van der Waals surface area contributed by atoms with E-state index in [1.165, 1.54) is 23.0 Å². The molecular weight excluding hydrogens is 530 g/mol. The topological polar surface area (TPSA) is 95.5 Å². The Balaban J connectivity index is 1.82. The molecule has 1 aliphatic rings. The minimum atomic E-state index is -0.832. The van der Waals surface area contributed by atoms with Gasteiger partial charge in [-0.1, -0.05) is 47.7 Å². The monoisotopic (exact) mass is 559 g/mol. The minimum Gasteiger partial charge on any atom is -0.493 e. The maximum absolute atomic E-state index is 14.0. The molecular formula is C30H29N3O6S. The van der Waals surface area contributed by atoms with Gasteiger partial charge < -0.3 is 23.5 Å². The summed E-state index contributed by atoms with van der Waals surface area (Å²) in [5.41, 5.74) is 1.77. The Morgan fingerprint density at radius 3 is 2.48 bits per heavy atom. The highest BCUT2D eigenvalue weighted by Gasteiger charge is 2.35. The molecule has 10 heteroatoms. The predicted molar refractivity (Wildman–Crippen MR) is 154 cm³/mol. The van der Waals surface area contributed by atoms with E-state index in [0.29, 0.717) is 43.7 Å². The van der Waals surface area contributed by atoms with Crippen LogP contribution in [0, 0.1) is 0 Å². The smallest absolute Gasteiger partial charge is 0.338 e. The van der Waals surface area contributed by atoms with E-state index in [2.05, 4.69) is 0 Å². The average molecular weight is 560 g/mol. The largest absolute Gasteiger partial charge is 0.493 e. The van der Waals surface area contributed by atoms with Crippen LogP contribution >= 0.6 is 11.3 Å². The summed E-state index contributed by atoms with van der Waals surface area (Å²) in [6.45, 7) is 1.91. The Hall–Kier alpha value is -4.57. The Bertz CT molecular complexity index is 1760. The van der Waals surface area contributed by atoms with Crippen LogP contribution in [0.15, 0.2) is 80.4 Å². The minimum absolute atomic E-state index is 0.167. The van der Waals surface area contributed by atoms with Gasteiger partial charge in [-0.05, 0) is 30.7 Å². The molecule has 40 heavy (non-hydrogen) atoms. The fraction of sp³-hybridized carbons (Fsp3) is 0.233. The third-order valence-electron chi connectivity index (χ3n) is 6.42. The van der Waals surface area contributed by atoms with Crippen LogP contribution in [0.1, 0.15) is 29.9 Å². The number of thiazole rings is 1. The number of aromatic nitrogens is 1. The standard InChI is InChI=1S/C30H29N3O6S/c1-6-38-29(35)25-26(18-10-8-7-9-11-18)31-30-33(27(25)19-12-14-21(36-4)22(16-19)37-5)28(34)23(40-30)17-20-13-15-24(39-20)32(2)3/h7-17,27H,6H2,1-5H3/b23-17-. The molecule has 2 aromatic carbocycles. The maximum Gasteiger partial charge on any atom is 0.338 e. The lowest BCUT2D eigenvalue weighted by molar-refractivity contribution is -0.138. The van der Waals surface area contributed by atoms with Crippen molar-refractivity contribution in [1.29, 1.82) is 0 Å². The Labute approximate surface area is 234 Å². The number of ether oxygens (including phenoxy) is 3. The molecule has 0 aliphatic carbocycles. The zero-order chi connectivity index (χ0) is 28.4. The van der Waals surface area contributed by atoms with Gasteiger partial charge in [-0.2, -0.15) is 0 Å². The van der Waals surface area contributed by atoms with Crippen LogP contribution in [0.3, 0.4) is 0 Å². The van der Waals surface area contributed by atoms with Crippen molar-refractivity contribution in [2.75, 3.05) is 39.8 Å². The van der Waals surface area contributed by atoms with Gasteiger partial charge in [0.25, 0.3) is 5.56 Å². The highest BCUT2D eigenvalue weighted by Crippen LogP contribution is 2.38. The molecule has 1 unspecified atom stereocenters. The summed E-state index contributed by atoms with van der Waals surface area (Å²) in [7, 11) is 6.84. The zero-order valence-electron chi connectivity index (χ0n) is 22.8. The van der Waals surface area contributed by atoms with Crippen LogP contribution < -0.4 is 29.3 Å². The SMILES string of the molecule is CCOC(=O)C1=C(c2ccccc2)N=c2s/c(=C\c3ccc(N(C)C)o3)c(=O)n2C1c1ccc(OC)c(OC)c1. The molecule has 2 aromatic heterocycles. The molecule has 0 bridgehead atoms. The molecule has 0 radical (unpaired) electrons. The van der Waals surface area contributed by atoms with E-state index in [1.807, 2.05) is 61.5 Å². The number of hydrogen-bond acceptors (Lipinski definition) is 9. The van der Waals surface area contributed by atoms with E-state index in [1.54, 1.807) is 38.3 Å². The zero-order valence-corrected chi connectivity index (χ0v) is 23.7. The molecule has 0 saturated heterocycles. The number of hydrogen-bond donors (Lipinski definition) is 0. The number of anilines is 1. The first-order chi connectivity index (χ1) is 19.4. The first kappa shape index (κ1) is 27.0. The molecule has 3 heterocycles. The fourth-order valence-electron chi connectivity index (χ4n) is 4.57. The van der Waals surface area contributed by atoms with E-state index < -0.39 is 12.0 Å². The number of methoxy groups -OCH3 is 2. The summed E-state index contributed by atoms with van der Waals surface area (Å²) in [6, 6.07) is 17.5. The molecule has 0 amide bonds. The number of carbonyl (C=O) groups excluding carboxylic acids is 1. The van der Waals surface area contributed by atoms with Crippen LogP contribution in [0.4, 0.5) is 5.88 Å². The quantitative estimate of drug-likeness (QED) is 0.305. The average Bonchev–Trinajstić information content (AvgIpc) is 3.56. The van der Waals surface area contributed by atoms with Crippen molar-refractivity contribution in [3.8, 4) is 11.5 Å². The molecule has 0 fully saturated rings. The van der Waals surface area contributed by atoms with Gasteiger partial charge in [-0.3, -0.25) is 9.36 Å². The summed E-state index contributed by atoms with van der Waals surface area (Å²) in [5, 5.41) is 0. The lowest BCUT2D eigenvalue weighted by Crippen LogP contribution is -2.40. The second-order valence-corrected chi connectivity index (χ2v) is 10.1. The second kappa shape index (κ2) is 11.3. The van der Waals surface area contributed by atoms with Crippen molar-refractivity contribution < 1.29 is 23.4 Å². The number of furan rings is 1. The number of benzene rings is 2. The van der Waals surface area contributed by atoms with Gasteiger partial charge >= 0.3 is 5.97 Å². The van der Waals surface area contributed by atoms with Crippen molar-refractivity contribution in [1.82, 2.24) is 4.57 Å². The van der Waals surface area contributed by atoms with Gasteiger partial charge in [0, 0.05) is 31.8 Å². The van der Waals surface area contributed by atoms with Crippen LogP contribution in [0.5, 0.6) is 11.5 Å². The van der Waals surface area contributed by atoms with Crippen LogP contribution in [-0.4, -0.2) is 45.5 Å². The first-order valence-electron chi connectivity index (χ1n) is 12.6. The lowest BCUT2D eigenvalue weighted by Gasteiger charge is -2.26. The van der Waals surface area contributed by atoms with E-state index in [4.69, 9.17) is 23.6 Å². The maximum atomic E-state index is 14.0. The number of esters is 1. The summed E-state index contributed by atoms with van der Waals surface area (Å²) in [4.78, 5) is 34.7. The molecule has 0 N–H and O–H groups in total. The summed E-state index contributed by atoms with van der Waals surface area (Å²) in [6.07, 6.45) is 1.69. The van der Waals surface area contributed by atoms with Gasteiger partial charge in [-0.15, -0.1) is 0 Å². The van der Waals surface area contributed by atoms with Crippen molar-refractivity contribution in [2.24, 2.45) is 4.99 Å². The molecule has 4 aromatic rings. The van der Waals surface area contributed by atoms with Crippen molar-refractivity contribution in [3.05, 3.63) is 103 Å². The number of nitrogens with zero attached hydrogens (tertiary/aromatic N) is 3. The van der Waals surface area contributed by atoms with Crippen molar-refractivity contribution in [2.45, 2.75) is 13.0 Å². The highest BCUT2D eigenvalue weighted by atomic mass is 32.1. The molecule has 1 aliphatic heterocycles. The van der Waals surface area contributed by atoms with E-state index >= 15 is 0 Å². The van der Waals surface area contributed by atoms with Crippen molar-refractivity contribution in [3.63, 3.8) is 0 Å². The van der Waals surface area contributed by atoms with E-state index in [-0.39, 0.29) is 17.7 Å². The van der Waals surface area contributed by atoms with E-state index in [0.717, 1.165) is 5.56 Å². The lowest BCUT2D eigenvalue weighted by atomic mass is 9.93. The number of rotatable bonds is 8. The summed E-state index contributed by atoms with van der Waals surface area (Å²) >= 11 is 1.23. The highest BCUT2D eigenvalue weighted by molar-refractivity contribution is 7.07. The molecule has 0 saturated carbocycles. The van der Waals surface area contributed by atoms with Gasteiger partial charge in [-0.25, -0.2) is 9.79 Å². The summed E-state index contributed by atoms with van der Waals surface area (Å²) in [5.74, 6) is 1.64. The molecule has 206 valence electrons. The van der Waals surface area contributed by atoms with Crippen molar-refractivity contribution >= 4 is 35.0 Å². The molecule has 9 nitrogen and oxygen atoms in total. The van der Waals surface area contributed by atoms with E-state index in [9.17, 15) is 9.59 Å². The van der Waals surface area contributed by atoms with Gasteiger partial charge in [0.2, 0.25) is 0 Å².